The van der Waals surface area contributed by atoms with Crippen LogP contribution >= 0.6 is 11.6 Å². The molecule has 0 bridgehead atoms. The zero-order valence-corrected chi connectivity index (χ0v) is 16.6. The van der Waals surface area contributed by atoms with Crippen molar-refractivity contribution in [2.24, 2.45) is 0 Å². The van der Waals surface area contributed by atoms with Crippen molar-refractivity contribution in [3.8, 4) is 0 Å². The molecule has 2 amide bonds. The van der Waals surface area contributed by atoms with E-state index in [1.54, 1.807) is 43.3 Å². The third-order valence-electron chi connectivity index (χ3n) is 4.29. The molecule has 2 N–H and O–H groups in total. The number of fused-ring (bicyclic) bond motifs is 1. The molecule has 1 unspecified atom stereocenters. The van der Waals surface area contributed by atoms with Crippen molar-refractivity contribution in [3.05, 3.63) is 58.6 Å². The number of anilines is 2. The maximum atomic E-state index is 13.1. The van der Waals surface area contributed by atoms with Gasteiger partial charge in [-0.05, 0) is 36.8 Å². The standard InChI is InChI=1S/C19H19ClN2O5S/c1-2-27-19(24)21-12-7-8-16-14(11-12)18(13-5-3-4-6-15(13)20)28(25,26)10-9-17(23)22-16/h3-8,11,18H,2,9-10H2,1H3,(H,21,24)(H,22,23). The van der Waals surface area contributed by atoms with Gasteiger partial charge in [0.1, 0.15) is 5.25 Å². The molecule has 0 saturated carbocycles. The molecule has 1 atom stereocenters. The summed E-state index contributed by atoms with van der Waals surface area (Å²) in [6.07, 6.45) is -0.805. The van der Waals surface area contributed by atoms with E-state index in [1.165, 1.54) is 6.07 Å². The molecule has 2 aromatic carbocycles. The number of rotatable bonds is 3. The van der Waals surface area contributed by atoms with Crippen molar-refractivity contribution < 1.29 is 22.7 Å². The maximum absolute atomic E-state index is 13.1. The highest BCUT2D eigenvalue weighted by Crippen LogP contribution is 2.41. The summed E-state index contributed by atoms with van der Waals surface area (Å²) in [6.45, 7) is 1.87. The molecule has 28 heavy (non-hydrogen) atoms. The fourth-order valence-electron chi connectivity index (χ4n) is 3.06. The molecular weight excluding hydrogens is 404 g/mol. The molecular formula is C19H19ClN2O5S. The lowest BCUT2D eigenvalue weighted by atomic mass is 10.0. The van der Waals surface area contributed by atoms with Crippen molar-refractivity contribution in [2.75, 3.05) is 23.0 Å². The van der Waals surface area contributed by atoms with E-state index < -0.39 is 27.1 Å². The van der Waals surface area contributed by atoms with Crippen LogP contribution in [0.5, 0.6) is 0 Å². The van der Waals surface area contributed by atoms with E-state index in [-0.39, 0.29) is 18.8 Å². The molecule has 0 aromatic heterocycles. The zero-order valence-electron chi connectivity index (χ0n) is 15.1. The molecule has 0 fully saturated rings. The van der Waals surface area contributed by atoms with Crippen LogP contribution in [0.4, 0.5) is 16.2 Å². The van der Waals surface area contributed by atoms with E-state index in [2.05, 4.69) is 10.6 Å². The first-order valence-electron chi connectivity index (χ1n) is 8.65. The summed E-state index contributed by atoms with van der Waals surface area (Å²) in [6, 6.07) is 11.3. The number of amides is 2. The van der Waals surface area contributed by atoms with Crippen LogP contribution in [0.25, 0.3) is 0 Å². The van der Waals surface area contributed by atoms with Crippen molar-refractivity contribution >= 4 is 44.8 Å². The van der Waals surface area contributed by atoms with Crippen LogP contribution in [0.2, 0.25) is 5.02 Å². The normalized spacial score (nSPS) is 18.2. The van der Waals surface area contributed by atoms with Crippen LogP contribution < -0.4 is 10.6 Å². The van der Waals surface area contributed by atoms with Gasteiger partial charge in [0, 0.05) is 28.4 Å². The van der Waals surface area contributed by atoms with Crippen molar-refractivity contribution in [1.82, 2.24) is 0 Å². The lowest BCUT2D eigenvalue weighted by molar-refractivity contribution is -0.115. The van der Waals surface area contributed by atoms with Gasteiger partial charge in [0.05, 0.1) is 12.4 Å². The molecule has 1 heterocycles. The topological polar surface area (TPSA) is 102 Å². The first-order chi connectivity index (χ1) is 13.3. The van der Waals surface area contributed by atoms with Gasteiger partial charge in [-0.1, -0.05) is 29.8 Å². The van der Waals surface area contributed by atoms with Gasteiger partial charge in [-0.3, -0.25) is 10.1 Å². The van der Waals surface area contributed by atoms with Crippen LogP contribution in [0.1, 0.15) is 29.7 Å². The van der Waals surface area contributed by atoms with Gasteiger partial charge in [-0.15, -0.1) is 0 Å². The molecule has 0 aliphatic carbocycles. The highest BCUT2D eigenvalue weighted by atomic mass is 35.5. The van der Waals surface area contributed by atoms with Crippen LogP contribution in [0, 0.1) is 0 Å². The minimum Gasteiger partial charge on any atom is -0.450 e. The Morgan fingerprint density at radius 1 is 1.25 bits per heavy atom. The van der Waals surface area contributed by atoms with Crippen molar-refractivity contribution in [1.29, 1.82) is 0 Å². The lowest BCUT2D eigenvalue weighted by Gasteiger charge is -2.25. The Morgan fingerprint density at radius 2 is 2.00 bits per heavy atom. The average molecular weight is 423 g/mol. The summed E-state index contributed by atoms with van der Waals surface area (Å²) in [5.74, 6) is -0.711. The van der Waals surface area contributed by atoms with E-state index in [4.69, 9.17) is 16.3 Å². The molecule has 0 saturated heterocycles. The van der Waals surface area contributed by atoms with Gasteiger partial charge in [0.15, 0.2) is 9.84 Å². The van der Waals surface area contributed by atoms with Crippen LogP contribution in [-0.4, -0.2) is 32.8 Å². The molecule has 0 radical (unpaired) electrons. The summed E-state index contributed by atoms with van der Waals surface area (Å²) in [5, 5.41) is 4.51. The Labute approximate surface area is 168 Å². The second kappa shape index (κ2) is 8.20. The molecule has 1 aliphatic rings. The van der Waals surface area contributed by atoms with Crippen molar-refractivity contribution in [3.63, 3.8) is 0 Å². The third kappa shape index (κ3) is 4.28. The van der Waals surface area contributed by atoms with Gasteiger partial charge in [-0.2, -0.15) is 0 Å². The van der Waals surface area contributed by atoms with E-state index in [1.807, 2.05) is 0 Å². The number of carbonyl (C=O) groups is 2. The van der Waals surface area contributed by atoms with Crippen LogP contribution in [0.15, 0.2) is 42.5 Å². The first-order valence-corrected chi connectivity index (χ1v) is 10.7. The largest absolute Gasteiger partial charge is 0.450 e. The van der Waals surface area contributed by atoms with Gasteiger partial charge < -0.3 is 10.1 Å². The minimum absolute atomic E-state index is 0.147. The highest BCUT2D eigenvalue weighted by Gasteiger charge is 2.35. The number of ether oxygens (including phenoxy) is 1. The van der Waals surface area contributed by atoms with Crippen molar-refractivity contribution in [2.45, 2.75) is 18.6 Å². The fraction of sp³-hybridized carbons (Fsp3) is 0.263. The molecule has 7 nitrogen and oxygen atoms in total. The summed E-state index contributed by atoms with van der Waals surface area (Å²) in [7, 11) is -3.75. The summed E-state index contributed by atoms with van der Waals surface area (Å²) >= 11 is 6.30. The predicted molar refractivity (Wildman–Crippen MR) is 107 cm³/mol. The summed E-state index contributed by atoms with van der Waals surface area (Å²) < 4.78 is 31.1. The summed E-state index contributed by atoms with van der Waals surface area (Å²) in [4.78, 5) is 23.8. The van der Waals surface area contributed by atoms with Gasteiger partial charge in [0.2, 0.25) is 5.91 Å². The number of halogens is 1. The Bertz CT molecular complexity index is 1020. The van der Waals surface area contributed by atoms with Gasteiger partial charge >= 0.3 is 6.09 Å². The monoisotopic (exact) mass is 422 g/mol. The Morgan fingerprint density at radius 3 is 2.71 bits per heavy atom. The number of carbonyl (C=O) groups excluding carboxylic acids is 2. The highest BCUT2D eigenvalue weighted by molar-refractivity contribution is 7.91. The molecule has 3 rings (SSSR count). The number of hydrogen-bond acceptors (Lipinski definition) is 5. The Hall–Kier alpha value is -2.58. The SMILES string of the molecule is CCOC(=O)Nc1ccc2c(c1)C(c1ccccc1Cl)S(=O)(=O)CCC(=O)N2. The van der Waals surface area contributed by atoms with Gasteiger partial charge in [0.25, 0.3) is 0 Å². The zero-order chi connectivity index (χ0) is 20.3. The van der Waals surface area contributed by atoms with Crippen LogP contribution in [-0.2, 0) is 19.4 Å². The van der Waals surface area contributed by atoms with E-state index >= 15 is 0 Å². The summed E-state index contributed by atoms with van der Waals surface area (Å²) in [5.41, 5.74) is 1.44. The Balaban J connectivity index is 2.17. The predicted octanol–water partition coefficient (Wildman–Crippen LogP) is 3.75. The molecule has 0 spiro atoms. The van der Waals surface area contributed by atoms with E-state index in [0.29, 0.717) is 27.5 Å². The molecule has 2 aromatic rings. The van der Waals surface area contributed by atoms with E-state index in [9.17, 15) is 18.0 Å². The number of hydrogen-bond donors (Lipinski definition) is 2. The molecule has 148 valence electrons. The average Bonchev–Trinajstić information content (AvgIpc) is 2.63. The minimum atomic E-state index is -3.75. The first kappa shape index (κ1) is 20.2. The maximum Gasteiger partial charge on any atom is 0.411 e. The third-order valence-corrected chi connectivity index (χ3v) is 6.63. The number of nitrogens with one attached hydrogen (secondary N) is 2. The number of sulfone groups is 1. The quantitative estimate of drug-likeness (QED) is 0.784. The van der Waals surface area contributed by atoms with Crippen LogP contribution in [0.3, 0.4) is 0 Å². The van der Waals surface area contributed by atoms with E-state index in [0.717, 1.165) is 0 Å². The molecule has 9 heteroatoms. The smallest absolute Gasteiger partial charge is 0.411 e. The lowest BCUT2D eigenvalue weighted by Crippen LogP contribution is -2.27. The fourth-order valence-corrected chi connectivity index (χ4v) is 5.25. The second-order valence-corrected chi connectivity index (χ2v) is 8.83. The van der Waals surface area contributed by atoms with Gasteiger partial charge in [-0.25, -0.2) is 13.2 Å². The Kier molecular flexibility index (Phi) is 5.90. The number of benzene rings is 2. The second-order valence-electron chi connectivity index (χ2n) is 6.21. The molecule has 1 aliphatic heterocycles.